The summed E-state index contributed by atoms with van der Waals surface area (Å²) in [6.45, 7) is 4.41. The van der Waals surface area contributed by atoms with Crippen LogP contribution in [0.25, 0.3) is 0 Å². The van der Waals surface area contributed by atoms with Crippen molar-refractivity contribution >= 4 is 0 Å². The average molecular weight is 294 g/mol. The molecule has 0 spiro atoms. The maximum atomic E-state index is 5.57. The average Bonchev–Trinajstić information content (AvgIpc) is 3.37. The van der Waals surface area contributed by atoms with E-state index < -0.39 is 0 Å². The maximum Gasteiger partial charge on any atom is 0.0861 e. The molecule has 2 aliphatic heterocycles. The van der Waals surface area contributed by atoms with Crippen LogP contribution in [0, 0.1) is 0 Å². The van der Waals surface area contributed by atoms with Gasteiger partial charge in [-0.1, -0.05) is 26.7 Å². The Hall–Kier alpha value is -0.800. The Morgan fingerprint density at radius 3 is 1.57 bits per heavy atom. The van der Waals surface area contributed by atoms with Gasteiger partial charge in [-0.15, -0.1) is 0 Å². The smallest absolute Gasteiger partial charge is 0.0861 e. The lowest BCUT2D eigenvalue weighted by molar-refractivity contribution is 0.354. The minimum Gasteiger partial charge on any atom is -0.473 e. The van der Waals surface area contributed by atoms with E-state index in [2.05, 4.69) is 26.0 Å². The summed E-state index contributed by atoms with van der Waals surface area (Å²) in [4.78, 5) is 0. The molecule has 0 amide bonds. The molecule has 0 aromatic rings. The molecule has 2 fully saturated rings. The van der Waals surface area contributed by atoms with Crippen LogP contribution >= 0.6 is 0 Å². The van der Waals surface area contributed by atoms with Gasteiger partial charge in [-0.05, 0) is 50.7 Å². The van der Waals surface area contributed by atoms with Gasteiger partial charge in [0, 0.05) is 0 Å². The zero-order chi connectivity index (χ0) is 14.9. The molecule has 2 rings (SSSR count). The summed E-state index contributed by atoms with van der Waals surface area (Å²) in [5.74, 6) is 0. The van der Waals surface area contributed by atoms with Gasteiger partial charge in [-0.3, -0.25) is 0 Å². The highest BCUT2D eigenvalue weighted by molar-refractivity contribution is 4.89. The number of rotatable bonds is 12. The lowest BCUT2D eigenvalue weighted by Crippen LogP contribution is -1.92. The Balaban J connectivity index is 1.38. The first-order valence-corrected chi connectivity index (χ1v) is 8.61. The van der Waals surface area contributed by atoms with E-state index in [9.17, 15) is 0 Å². The molecule has 0 N–H and O–H groups in total. The molecule has 0 bridgehead atoms. The second-order valence-corrected chi connectivity index (χ2v) is 6.04. The largest absolute Gasteiger partial charge is 0.473 e. The molecule has 3 heteroatoms. The Morgan fingerprint density at radius 1 is 0.714 bits per heavy atom. The van der Waals surface area contributed by atoms with Crippen molar-refractivity contribution in [2.24, 2.45) is 0 Å². The van der Waals surface area contributed by atoms with Crippen LogP contribution in [-0.4, -0.2) is 24.4 Å². The van der Waals surface area contributed by atoms with Crippen LogP contribution < -0.4 is 0 Å². The molecule has 0 saturated carbocycles. The summed E-state index contributed by atoms with van der Waals surface area (Å²) < 4.78 is 16.5. The molecule has 3 nitrogen and oxygen atoms in total. The fourth-order valence-electron chi connectivity index (χ4n) is 2.76. The molecule has 2 heterocycles. The van der Waals surface area contributed by atoms with Crippen molar-refractivity contribution in [2.75, 3.05) is 0 Å². The molecule has 120 valence electrons. The van der Waals surface area contributed by atoms with E-state index in [0.29, 0.717) is 24.4 Å². The van der Waals surface area contributed by atoms with E-state index in [1.54, 1.807) is 12.5 Å². The number of ether oxygens (including phenoxy) is 3. The van der Waals surface area contributed by atoms with Crippen LogP contribution in [0.15, 0.2) is 24.7 Å². The summed E-state index contributed by atoms with van der Waals surface area (Å²) in [7, 11) is 0. The second-order valence-electron chi connectivity index (χ2n) is 6.04. The molecule has 4 atom stereocenters. The number of hydrogen-bond acceptors (Lipinski definition) is 3. The zero-order valence-electron chi connectivity index (χ0n) is 13.5. The molecule has 4 unspecified atom stereocenters. The fourth-order valence-corrected chi connectivity index (χ4v) is 2.76. The van der Waals surface area contributed by atoms with Crippen LogP contribution in [0.4, 0.5) is 0 Å². The summed E-state index contributed by atoms with van der Waals surface area (Å²) >= 11 is 0. The molecule has 2 aliphatic rings. The van der Waals surface area contributed by atoms with E-state index in [1.807, 2.05) is 0 Å². The van der Waals surface area contributed by atoms with Gasteiger partial charge >= 0.3 is 0 Å². The highest BCUT2D eigenvalue weighted by Crippen LogP contribution is 2.31. The van der Waals surface area contributed by atoms with E-state index in [1.165, 1.54) is 25.7 Å². The normalized spacial score (nSPS) is 31.1. The van der Waals surface area contributed by atoms with Crippen LogP contribution in [0.5, 0.6) is 0 Å². The highest BCUT2D eigenvalue weighted by atomic mass is 16.6. The van der Waals surface area contributed by atoms with Crippen LogP contribution in [-0.2, 0) is 14.2 Å². The van der Waals surface area contributed by atoms with Gasteiger partial charge in [0.1, 0.15) is 0 Å². The first-order valence-electron chi connectivity index (χ1n) is 8.61. The fraction of sp³-hybridized carbons (Fsp3) is 0.778. The summed E-state index contributed by atoms with van der Waals surface area (Å²) in [6.07, 6.45) is 18.9. The van der Waals surface area contributed by atoms with Crippen molar-refractivity contribution in [3.8, 4) is 0 Å². The molecule has 0 aliphatic carbocycles. The van der Waals surface area contributed by atoms with Gasteiger partial charge in [0.2, 0.25) is 0 Å². The Bertz CT molecular complexity index is 305. The minimum absolute atomic E-state index is 0.500. The van der Waals surface area contributed by atoms with Gasteiger partial charge in [0.25, 0.3) is 0 Å². The van der Waals surface area contributed by atoms with E-state index in [-0.39, 0.29) is 0 Å². The maximum absolute atomic E-state index is 5.57. The Morgan fingerprint density at radius 2 is 1.14 bits per heavy atom. The molecule has 0 aromatic heterocycles. The first kappa shape index (κ1) is 16.6. The van der Waals surface area contributed by atoms with E-state index in [0.717, 1.165) is 25.7 Å². The minimum atomic E-state index is 0.500. The van der Waals surface area contributed by atoms with E-state index >= 15 is 0 Å². The third kappa shape index (κ3) is 6.66. The van der Waals surface area contributed by atoms with Gasteiger partial charge in [-0.2, -0.15) is 0 Å². The lowest BCUT2D eigenvalue weighted by Gasteiger charge is -1.93. The molecular weight excluding hydrogens is 264 g/mol. The number of allylic oxidation sites excluding steroid dienone is 2. The molecule has 2 saturated heterocycles. The second kappa shape index (κ2) is 9.26. The summed E-state index contributed by atoms with van der Waals surface area (Å²) in [5.41, 5.74) is 0. The van der Waals surface area contributed by atoms with Gasteiger partial charge in [0.15, 0.2) is 0 Å². The van der Waals surface area contributed by atoms with Crippen LogP contribution in [0.1, 0.15) is 65.2 Å². The SMILES string of the molecule is CCCC1OC1CCC=COC=CCCC1OC1CCC. The van der Waals surface area contributed by atoms with Gasteiger partial charge in [0.05, 0.1) is 36.9 Å². The molecule has 21 heavy (non-hydrogen) atoms. The Kier molecular flexibility index (Phi) is 7.31. The predicted octanol–water partition coefficient (Wildman–Crippen LogP) is 4.73. The van der Waals surface area contributed by atoms with Crippen LogP contribution in [0.3, 0.4) is 0 Å². The predicted molar refractivity (Wildman–Crippen MR) is 85.0 cm³/mol. The molecule has 0 radical (unpaired) electrons. The summed E-state index contributed by atoms with van der Waals surface area (Å²) in [5, 5.41) is 0. The summed E-state index contributed by atoms with van der Waals surface area (Å²) in [6, 6.07) is 0. The zero-order valence-corrected chi connectivity index (χ0v) is 13.5. The topological polar surface area (TPSA) is 34.3 Å². The van der Waals surface area contributed by atoms with Crippen molar-refractivity contribution in [2.45, 2.75) is 89.6 Å². The molecular formula is C18H30O3. The van der Waals surface area contributed by atoms with Crippen molar-refractivity contribution in [3.63, 3.8) is 0 Å². The van der Waals surface area contributed by atoms with Crippen molar-refractivity contribution < 1.29 is 14.2 Å². The van der Waals surface area contributed by atoms with Crippen molar-refractivity contribution in [3.05, 3.63) is 24.7 Å². The lowest BCUT2D eigenvalue weighted by atomic mass is 10.1. The monoisotopic (exact) mass is 294 g/mol. The Labute approximate surface area is 129 Å². The van der Waals surface area contributed by atoms with Crippen molar-refractivity contribution in [1.29, 1.82) is 0 Å². The quantitative estimate of drug-likeness (QED) is 0.385. The third-order valence-electron chi connectivity index (χ3n) is 4.11. The number of epoxide rings is 2. The first-order chi connectivity index (χ1) is 10.3. The highest BCUT2D eigenvalue weighted by Gasteiger charge is 2.36. The third-order valence-corrected chi connectivity index (χ3v) is 4.11. The molecule has 0 aromatic carbocycles. The van der Waals surface area contributed by atoms with Gasteiger partial charge in [-0.25, -0.2) is 0 Å². The van der Waals surface area contributed by atoms with Crippen molar-refractivity contribution in [1.82, 2.24) is 0 Å². The van der Waals surface area contributed by atoms with Gasteiger partial charge < -0.3 is 14.2 Å². The van der Waals surface area contributed by atoms with E-state index in [4.69, 9.17) is 14.2 Å². The van der Waals surface area contributed by atoms with Crippen LogP contribution in [0.2, 0.25) is 0 Å². The number of hydrogen-bond donors (Lipinski definition) is 0. The standard InChI is InChI=1S/C18H30O3/c1-3-9-15-17(20-15)11-5-7-13-19-14-8-6-12-18-16(21-18)10-4-2/h7-8,13-18H,3-6,9-12H2,1-2H3.